The van der Waals surface area contributed by atoms with Gasteiger partial charge in [-0.1, -0.05) is 36.8 Å². The third kappa shape index (κ3) is 4.48. The predicted octanol–water partition coefficient (Wildman–Crippen LogP) is 3.19. The van der Waals surface area contributed by atoms with Gasteiger partial charge in [0, 0.05) is 18.7 Å². The van der Waals surface area contributed by atoms with E-state index in [1.165, 1.54) is 19.3 Å². The molecule has 1 aromatic carbocycles. The summed E-state index contributed by atoms with van der Waals surface area (Å²) in [6.45, 7) is 2.56. The standard InChI is InChI=1S/C13H17NO2.2ClH/c15-11-16-13(12-7-3-1-4-8-12)14-9-5-2-6-10-14;;/h1,3-4,7-8,11,13H,2,5-6,9-10H2;2*1H. The molecule has 0 aromatic heterocycles. The number of nitrogens with zero attached hydrogens (tertiary/aromatic N) is 1. The Balaban J connectivity index is 0.00000144. The third-order valence-corrected chi connectivity index (χ3v) is 2.99. The average molecular weight is 292 g/mol. The fourth-order valence-electron chi connectivity index (χ4n) is 2.20. The first-order valence-corrected chi connectivity index (χ1v) is 5.80. The SMILES string of the molecule is Cl.Cl.O=COC(c1ccccc1)N1CCCCC1. The van der Waals surface area contributed by atoms with Gasteiger partial charge in [-0.15, -0.1) is 24.8 Å². The maximum atomic E-state index is 10.6. The first-order chi connectivity index (χ1) is 7.92. The Kier molecular flexibility index (Phi) is 8.81. The van der Waals surface area contributed by atoms with Crippen molar-refractivity contribution in [2.45, 2.75) is 25.5 Å². The first kappa shape index (κ1) is 17.2. The van der Waals surface area contributed by atoms with Crippen molar-refractivity contribution in [3.8, 4) is 0 Å². The van der Waals surface area contributed by atoms with Crippen LogP contribution < -0.4 is 0 Å². The van der Waals surface area contributed by atoms with Crippen molar-refractivity contribution >= 4 is 31.3 Å². The van der Waals surface area contributed by atoms with Crippen LogP contribution in [0, 0.1) is 0 Å². The van der Waals surface area contributed by atoms with Crippen molar-refractivity contribution < 1.29 is 9.53 Å². The van der Waals surface area contributed by atoms with Gasteiger partial charge in [-0.05, 0) is 12.8 Å². The highest BCUT2D eigenvalue weighted by Crippen LogP contribution is 2.24. The zero-order chi connectivity index (χ0) is 11.2. The van der Waals surface area contributed by atoms with E-state index in [4.69, 9.17) is 4.74 Å². The van der Waals surface area contributed by atoms with Gasteiger partial charge < -0.3 is 4.74 Å². The average Bonchev–Trinajstić information content (AvgIpc) is 2.38. The quantitative estimate of drug-likeness (QED) is 0.798. The Hall–Kier alpha value is -0.770. The van der Waals surface area contributed by atoms with Gasteiger partial charge in [0.2, 0.25) is 0 Å². The maximum Gasteiger partial charge on any atom is 0.294 e. The Labute approximate surface area is 120 Å². The molecule has 1 heterocycles. The van der Waals surface area contributed by atoms with Crippen molar-refractivity contribution in [1.82, 2.24) is 4.90 Å². The summed E-state index contributed by atoms with van der Waals surface area (Å²) in [5.41, 5.74) is 1.05. The molecule has 2 rings (SSSR count). The Morgan fingerprint density at radius 3 is 2.22 bits per heavy atom. The summed E-state index contributed by atoms with van der Waals surface area (Å²) in [6.07, 6.45) is 3.44. The molecule has 1 aliphatic heterocycles. The minimum absolute atomic E-state index is 0. The Morgan fingerprint density at radius 1 is 1.06 bits per heavy atom. The van der Waals surface area contributed by atoms with Crippen LogP contribution in [0.15, 0.2) is 30.3 Å². The summed E-state index contributed by atoms with van der Waals surface area (Å²) in [7, 11) is 0. The van der Waals surface area contributed by atoms with E-state index in [0.717, 1.165) is 18.7 Å². The summed E-state index contributed by atoms with van der Waals surface area (Å²) in [6, 6.07) is 9.92. The molecule has 0 radical (unpaired) electrons. The summed E-state index contributed by atoms with van der Waals surface area (Å²) in [5, 5.41) is 0. The number of halogens is 2. The van der Waals surface area contributed by atoms with Crippen LogP contribution in [0.25, 0.3) is 0 Å². The van der Waals surface area contributed by atoms with E-state index in [2.05, 4.69) is 4.90 Å². The van der Waals surface area contributed by atoms with Crippen molar-refractivity contribution in [1.29, 1.82) is 0 Å². The second kappa shape index (κ2) is 9.20. The van der Waals surface area contributed by atoms with Crippen LogP contribution in [0.5, 0.6) is 0 Å². The molecule has 1 fully saturated rings. The van der Waals surface area contributed by atoms with Crippen LogP contribution in [0.1, 0.15) is 31.1 Å². The molecule has 0 aliphatic carbocycles. The fraction of sp³-hybridized carbons (Fsp3) is 0.462. The van der Waals surface area contributed by atoms with Gasteiger partial charge in [0.25, 0.3) is 6.47 Å². The molecule has 0 spiro atoms. The van der Waals surface area contributed by atoms with Crippen LogP contribution in [-0.2, 0) is 9.53 Å². The van der Waals surface area contributed by atoms with E-state index in [-0.39, 0.29) is 31.0 Å². The van der Waals surface area contributed by atoms with E-state index in [0.29, 0.717) is 6.47 Å². The summed E-state index contributed by atoms with van der Waals surface area (Å²) in [4.78, 5) is 12.8. The number of likely N-dealkylation sites (tertiary alicyclic amines) is 1. The Morgan fingerprint density at radius 2 is 1.67 bits per heavy atom. The number of piperidine rings is 1. The van der Waals surface area contributed by atoms with Crippen molar-refractivity contribution in [3.05, 3.63) is 35.9 Å². The lowest BCUT2D eigenvalue weighted by Crippen LogP contribution is -2.35. The van der Waals surface area contributed by atoms with Gasteiger partial charge in [-0.25, -0.2) is 0 Å². The zero-order valence-corrected chi connectivity index (χ0v) is 11.8. The van der Waals surface area contributed by atoms with Gasteiger partial charge in [0.1, 0.15) is 0 Å². The molecule has 5 heteroatoms. The summed E-state index contributed by atoms with van der Waals surface area (Å²) in [5.74, 6) is 0. The normalized spacial score (nSPS) is 16.9. The molecule has 102 valence electrons. The number of ether oxygens (including phenoxy) is 1. The highest BCUT2D eigenvalue weighted by Gasteiger charge is 2.22. The number of hydrogen-bond acceptors (Lipinski definition) is 3. The number of carbonyl (C=O) groups excluding carboxylic acids is 1. The van der Waals surface area contributed by atoms with Crippen molar-refractivity contribution in [2.75, 3.05) is 13.1 Å². The van der Waals surface area contributed by atoms with Gasteiger partial charge in [0.05, 0.1) is 0 Å². The highest BCUT2D eigenvalue weighted by molar-refractivity contribution is 5.85. The molecule has 18 heavy (non-hydrogen) atoms. The van der Waals surface area contributed by atoms with E-state index in [1.54, 1.807) is 0 Å². The molecule has 0 bridgehead atoms. The number of rotatable bonds is 4. The van der Waals surface area contributed by atoms with Crippen molar-refractivity contribution in [3.63, 3.8) is 0 Å². The minimum Gasteiger partial charge on any atom is -0.444 e. The first-order valence-electron chi connectivity index (χ1n) is 5.80. The van der Waals surface area contributed by atoms with E-state index in [9.17, 15) is 4.79 Å². The maximum absolute atomic E-state index is 10.6. The van der Waals surface area contributed by atoms with Crippen molar-refractivity contribution in [2.24, 2.45) is 0 Å². The third-order valence-electron chi connectivity index (χ3n) is 2.99. The molecule has 1 aliphatic rings. The van der Waals surface area contributed by atoms with Crippen LogP contribution in [0.2, 0.25) is 0 Å². The predicted molar refractivity (Wildman–Crippen MR) is 76.3 cm³/mol. The van der Waals surface area contributed by atoms with Crippen LogP contribution in [0.3, 0.4) is 0 Å². The number of benzene rings is 1. The number of hydrogen-bond donors (Lipinski definition) is 0. The largest absolute Gasteiger partial charge is 0.444 e. The number of carbonyl (C=O) groups is 1. The minimum atomic E-state index is -0.209. The molecular weight excluding hydrogens is 273 g/mol. The summed E-state index contributed by atoms with van der Waals surface area (Å²) >= 11 is 0. The van der Waals surface area contributed by atoms with Gasteiger partial charge in [0.15, 0.2) is 6.23 Å². The van der Waals surface area contributed by atoms with E-state index >= 15 is 0 Å². The molecule has 0 N–H and O–H groups in total. The Bertz CT molecular complexity index is 329. The summed E-state index contributed by atoms with van der Waals surface area (Å²) < 4.78 is 5.21. The van der Waals surface area contributed by atoms with Crippen LogP contribution in [-0.4, -0.2) is 24.5 Å². The van der Waals surface area contributed by atoms with Gasteiger partial charge in [-0.2, -0.15) is 0 Å². The molecule has 0 saturated carbocycles. The second-order valence-electron chi connectivity index (χ2n) is 4.09. The second-order valence-corrected chi connectivity index (χ2v) is 4.09. The zero-order valence-electron chi connectivity index (χ0n) is 10.2. The van der Waals surface area contributed by atoms with Crippen LogP contribution in [0.4, 0.5) is 0 Å². The molecule has 1 unspecified atom stereocenters. The van der Waals surface area contributed by atoms with E-state index < -0.39 is 0 Å². The molecule has 1 atom stereocenters. The lowest BCUT2D eigenvalue weighted by molar-refractivity contribution is -0.145. The molecular formula is C13H19Cl2NO2. The molecule has 0 amide bonds. The van der Waals surface area contributed by atoms with E-state index in [1.807, 2.05) is 30.3 Å². The monoisotopic (exact) mass is 291 g/mol. The van der Waals surface area contributed by atoms with Crippen LogP contribution >= 0.6 is 24.8 Å². The molecule has 3 nitrogen and oxygen atoms in total. The van der Waals surface area contributed by atoms with Gasteiger partial charge in [-0.3, -0.25) is 9.69 Å². The smallest absolute Gasteiger partial charge is 0.294 e. The van der Waals surface area contributed by atoms with Gasteiger partial charge >= 0.3 is 0 Å². The fourth-order valence-corrected chi connectivity index (χ4v) is 2.20. The topological polar surface area (TPSA) is 29.5 Å². The lowest BCUT2D eigenvalue weighted by atomic mass is 10.1. The highest BCUT2D eigenvalue weighted by atomic mass is 35.5. The molecule has 1 saturated heterocycles. The molecule has 1 aromatic rings. The lowest BCUT2D eigenvalue weighted by Gasteiger charge is -2.33.